The van der Waals surface area contributed by atoms with Crippen molar-refractivity contribution >= 4 is 5.97 Å². The number of ether oxygens (including phenoxy) is 1. The standard InChI is InChI=1S/C11H11FO2/c1-7-5-10(11(13)14-7)8-3-2-4-9(12)6-8/h2-4,6-7,10H,5H2,1H3. The lowest BCUT2D eigenvalue weighted by Crippen LogP contribution is -2.05. The Morgan fingerprint density at radius 3 is 2.86 bits per heavy atom. The minimum absolute atomic E-state index is 0.0595. The number of carbonyl (C=O) groups is 1. The van der Waals surface area contributed by atoms with Crippen LogP contribution in [0.2, 0.25) is 0 Å². The van der Waals surface area contributed by atoms with Crippen LogP contribution in [-0.2, 0) is 9.53 Å². The Labute approximate surface area is 81.7 Å². The van der Waals surface area contributed by atoms with E-state index in [-0.39, 0.29) is 23.8 Å². The average molecular weight is 194 g/mol. The van der Waals surface area contributed by atoms with Crippen molar-refractivity contribution in [2.45, 2.75) is 25.4 Å². The summed E-state index contributed by atoms with van der Waals surface area (Å²) in [6.07, 6.45) is 0.582. The van der Waals surface area contributed by atoms with E-state index in [4.69, 9.17) is 4.74 Å². The van der Waals surface area contributed by atoms with Crippen LogP contribution in [-0.4, -0.2) is 12.1 Å². The highest BCUT2D eigenvalue weighted by molar-refractivity contribution is 5.80. The second kappa shape index (κ2) is 3.40. The van der Waals surface area contributed by atoms with Crippen molar-refractivity contribution in [3.8, 4) is 0 Å². The SMILES string of the molecule is CC1CC(c2cccc(F)c2)C(=O)O1. The van der Waals surface area contributed by atoms with Crippen molar-refractivity contribution < 1.29 is 13.9 Å². The summed E-state index contributed by atoms with van der Waals surface area (Å²) >= 11 is 0. The summed E-state index contributed by atoms with van der Waals surface area (Å²) in [5.74, 6) is -0.848. The Morgan fingerprint density at radius 2 is 2.29 bits per heavy atom. The van der Waals surface area contributed by atoms with Crippen molar-refractivity contribution in [2.75, 3.05) is 0 Å². The van der Waals surface area contributed by atoms with Gasteiger partial charge in [0.2, 0.25) is 0 Å². The molecule has 0 N–H and O–H groups in total. The first-order chi connectivity index (χ1) is 6.66. The Kier molecular flexibility index (Phi) is 2.23. The zero-order chi connectivity index (χ0) is 10.1. The van der Waals surface area contributed by atoms with Crippen molar-refractivity contribution in [1.29, 1.82) is 0 Å². The van der Waals surface area contributed by atoms with Crippen LogP contribution in [0.5, 0.6) is 0 Å². The first-order valence-electron chi connectivity index (χ1n) is 4.63. The summed E-state index contributed by atoms with van der Waals surface area (Å²) in [7, 11) is 0. The Bertz CT molecular complexity index is 362. The fourth-order valence-corrected chi connectivity index (χ4v) is 1.75. The molecule has 1 saturated heterocycles. The molecule has 1 aromatic carbocycles. The van der Waals surface area contributed by atoms with Crippen LogP contribution in [0.3, 0.4) is 0 Å². The summed E-state index contributed by atoms with van der Waals surface area (Å²) in [5, 5.41) is 0. The van der Waals surface area contributed by atoms with Gasteiger partial charge in [-0.25, -0.2) is 4.39 Å². The smallest absolute Gasteiger partial charge is 0.313 e. The summed E-state index contributed by atoms with van der Waals surface area (Å²) < 4.78 is 17.9. The molecule has 0 aliphatic carbocycles. The second-order valence-electron chi connectivity index (χ2n) is 3.59. The molecule has 1 heterocycles. The zero-order valence-electron chi connectivity index (χ0n) is 7.87. The van der Waals surface area contributed by atoms with Crippen molar-refractivity contribution in [3.05, 3.63) is 35.6 Å². The highest BCUT2D eigenvalue weighted by atomic mass is 19.1. The average Bonchev–Trinajstić information content (AvgIpc) is 2.45. The molecule has 0 saturated carbocycles. The van der Waals surface area contributed by atoms with Gasteiger partial charge in [0.25, 0.3) is 0 Å². The summed E-state index contributed by atoms with van der Waals surface area (Å²) in [5.41, 5.74) is 0.708. The van der Waals surface area contributed by atoms with E-state index >= 15 is 0 Å². The molecule has 1 aliphatic rings. The molecule has 2 unspecified atom stereocenters. The predicted molar refractivity (Wildman–Crippen MR) is 49.3 cm³/mol. The van der Waals surface area contributed by atoms with E-state index in [0.29, 0.717) is 12.0 Å². The zero-order valence-corrected chi connectivity index (χ0v) is 7.87. The molecule has 1 aromatic rings. The van der Waals surface area contributed by atoms with Crippen LogP contribution in [0, 0.1) is 5.82 Å². The maximum absolute atomic E-state index is 12.9. The van der Waals surface area contributed by atoms with E-state index in [1.807, 2.05) is 6.92 Å². The maximum Gasteiger partial charge on any atom is 0.313 e. The molecule has 0 bridgehead atoms. The molecular formula is C11H11FO2. The van der Waals surface area contributed by atoms with Gasteiger partial charge in [-0.1, -0.05) is 12.1 Å². The number of carbonyl (C=O) groups excluding carboxylic acids is 1. The van der Waals surface area contributed by atoms with Gasteiger partial charge in [0, 0.05) is 6.42 Å². The Morgan fingerprint density at radius 1 is 1.50 bits per heavy atom. The lowest BCUT2D eigenvalue weighted by Gasteiger charge is -2.04. The first-order valence-corrected chi connectivity index (χ1v) is 4.63. The van der Waals surface area contributed by atoms with Gasteiger partial charge in [-0.2, -0.15) is 0 Å². The summed E-state index contributed by atoms with van der Waals surface area (Å²) in [4.78, 5) is 11.4. The van der Waals surface area contributed by atoms with Crippen LogP contribution >= 0.6 is 0 Å². The van der Waals surface area contributed by atoms with E-state index in [9.17, 15) is 9.18 Å². The third-order valence-corrected chi connectivity index (χ3v) is 2.42. The van der Waals surface area contributed by atoms with Gasteiger partial charge < -0.3 is 4.74 Å². The molecular weight excluding hydrogens is 183 g/mol. The van der Waals surface area contributed by atoms with Crippen LogP contribution in [0.25, 0.3) is 0 Å². The van der Waals surface area contributed by atoms with E-state index in [1.165, 1.54) is 12.1 Å². The maximum atomic E-state index is 12.9. The van der Waals surface area contributed by atoms with E-state index in [1.54, 1.807) is 12.1 Å². The first kappa shape index (κ1) is 9.19. The van der Waals surface area contributed by atoms with Crippen LogP contribution < -0.4 is 0 Å². The molecule has 0 amide bonds. The molecule has 2 nitrogen and oxygen atoms in total. The highest BCUT2D eigenvalue weighted by Crippen LogP contribution is 2.30. The quantitative estimate of drug-likeness (QED) is 0.641. The Hall–Kier alpha value is -1.38. The molecule has 14 heavy (non-hydrogen) atoms. The highest BCUT2D eigenvalue weighted by Gasteiger charge is 2.32. The predicted octanol–water partition coefficient (Wildman–Crippen LogP) is 2.24. The molecule has 2 atom stereocenters. The van der Waals surface area contributed by atoms with Gasteiger partial charge in [-0.05, 0) is 24.6 Å². The van der Waals surface area contributed by atoms with Crippen molar-refractivity contribution in [1.82, 2.24) is 0 Å². The number of halogens is 1. The third kappa shape index (κ3) is 1.62. The molecule has 3 heteroatoms. The molecule has 1 aliphatic heterocycles. The van der Waals surface area contributed by atoms with Crippen molar-refractivity contribution in [3.63, 3.8) is 0 Å². The van der Waals surface area contributed by atoms with Crippen LogP contribution in [0.4, 0.5) is 4.39 Å². The monoisotopic (exact) mass is 194 g/mol. The van der Waals surface area contributed by atoms with Gasteiger partial charge in [0.1, 0.15) is 11.9 Å². The largest absolute Gasteiger partial charge is 0.462 e. The molecule has 0 aromatic heterocycles. The molecule has 2 rings (SSSR count). The third-order valence-electron chi connectivity index (χ3n) is 2.42. The number of cyclic esters (lactones) is 1. The van der Waals surface area contributed by atoms with Gasteiger partial charge >= 0.3 is 5.97 Å². The van der Waals surface area contributed by atoms with Gasteiger partial charge in [0.05, 0.1) is 5.92 Å². The minimum Gasteiger partial charge on any atom is -0.462 e. The molecule has 74 valence electrons. The fraction of sp³-hybridized carbons (Fsp3) is 0.364. The number of rotatable bonds is 1. The summed E-state index contributed by atoms with van der Waals surface area (Å²) in [6.45, 7) is 1.84. The van der Waals surface area contributed by atoms with Crippen LogP contribution in [0.15, 0.2) is 24.3 Å². The number of esters is 1. The normalized spacial score (nSPS) is 26.3. The van der Waals surface area contributed by atoms with E-state index in [0.717, 1.165) is 0 Å². The number of hydrogen-bond acceptors (Lipinski definition) is 2. The Balaban J connectivity index is 2.27. The lowest BCUT2D eigenvalue weighted by molar-refractivity contribution is -0.141. The van der Waals surface area contributed by atoms with E-state index in [2.05, 4.69) is 0 Å². The van der Waals surface area contributed by atoms with Gasteiger partial charge in [-0.15, -0.1) is 0 Å². The number of hydrogen-bond donors (Lipinski definition) is 0. The topological polar surface area (TPSA) is 26.3 Å². The van der Waals surface area contributed by atoms with Gasteiger partial charge in [0.15, 0.2) is 0 Å². The second-order valence-corrected chi connectivity index (χ2v) is 3.59. The minimum atomic E-state index is -0.310. The molecule has 1 fully saturated rings. The molecule has 0 spiro atoms. The fourth-order valence-electron chi connectivity index (χ4n) is 1.75. The van der Waals surface area contributed by atoms with E-state index < -0.39 is 0 Å². The number of benzene rings is 1. The van der Waals surface area contributed by atoms with Crippen molar-refractivity contribution in [2.24, 2.45) is 0 Å². The van der Waals surface area contributed by atoms with Crippen LogP contribution in [0.1, 0.15) is 24.8 Å². The van der Waals surface area contributed by atoms with Gasteiger partial charge in [-0.3, -0.25) is 4.79 Å². The summed E-state index contributed by atoms with van der Waals surface area (Å²) in [6, 6.07) is 6.13. The molecule has 0 radical (unpaired) electrons. The lowest BCUT2D eigenvalue weighted by atomic mass is 9.96.